The molecule has 0 unspecified atom stereocenters. The van der Waals surface area contributed by atoms with Gasteiger partial charge in [-0.25, -0.2) is 0 Å². The van der Waals surface area contributed by atoms with Crippen molar-refractivity contribution in [1.29, 1.82) is 0 Å². The Hall–Kier alpha value is -1.38. The third-order valence-corrected chi connectivity index (χ3v) is 1.24. The lowest BCUT2D eigenvalue weighted by Gasteiger charge is -1.99. The number of carbonyl (C=O) groups excluding carboxylic acids is 1. The van der Waals surface area contributed by atoms with Crippen molar-refractivity contribution in [1.82, 2.24) is 10.3 Å². The van der Waals surface area contributed by atoms with E-state index in [2.05, 4.69) is 10.3 Å². The molecule has 0 radical (unpaired) electrons. The topological polar surface area (TPSA) is 42.0 Å². The van der Waals surface area contributed by atoms with E-state index in [1.807, 2.05) is 18.2 Å². The fourth-order valence-electron chi connectivity index (χ4n) is 0.718. The van der Waals surface area contributed by atoms with Crippen LogP contribution < -0.4 is 5.32 Å². The van der Waals surface area contributed by atoms with E-state index >= 15 is 0 Å². The van der Waals surface area contributed by atoms with E-state index in [9.17, 15) is 4.79 Å². The molecule has 1 N–H and O–H groups in total. The van der Waals surface area contributed by atoms with E-state index < -0.39 is 0 Å². The van der Waals surface area contributed by atoms with Crippen LogP contribution in [0.5, 0.6) is 0 Å². The van der Waals surface area contributed by atoms with Crippen molar-refractivity contribution in [3.63, 3.8) is 0 Å². The predicted octanol–water partition coefficient (Wildman–Crippen LogP) is 0.964. The van der Waals surface area contributed by atoms with Crippen LogP contribution >= 0.6 is 0 Å². The monoisotopic (exact) mass is 152 g/mol. The van der Waals surface area contributed by atoms with E-state index in [1.54, 1.807) is 6.20 Å². The van der Waals surface area contributed by atoms with Crippen LogP contribution in [0.25, 0.3) is 0 Å². The first-order valence-corrected chi connectivity index (χ1v) is 3.43. The molecule has 1 amide bonds. The van der Waals surface area contributed by atoms with E-state index in [0.717, 1.165) is 5.69 Å². The highest BCUT2D eigenvalue weighted by Gasteiger charge is 1.92. The summed E-state index contributed by atoms with van der Waals surface area (Å²) in [4.78, 5) is 14.5. The average molecular weight is 152 g/mol. The average Bonchev–Trinajstić information content (AvgIpc) is 2.03. The number of amides is 1. The number of carbonyl (C=O) groups is 1. The summed E-state index contributed by atoms with van der Waals surface area (Å²) in [6, 6.07) is 5.61. The summed E-state index contributed by atoms with van der Waals surface area (Å²) in [6.07, 6.45) is 1.71. The van der Waals surface area contributed by atoms with Gasteiger partial charge in [-0.05, 0) is 12.1 Å². The highest BCUT2D eigenvalue weighted by molar-refractivity contribution is 5.72. The SMILES string of the molecule is CC(=O)NCc1ccccn1.[HH]. The van der Waals surface area contributed by atoms with E-state index in [-0.39, 0.29) is 7.33 Å². The Morgan fingerprint density at radius 2 is 2.55 bits per heavy atom. The first-order valence-electron chi connectivity index (χ1n) is 3.43. The van der Waals surface area contributed by atoms with Crippen LogP contribution in [0, 0.1) is 0 Å². The molecule has 11 heavy (non-hydrogen) atoms. The zero-order valence-corrected chi connectivity index (χ0v) is 6.37. The van der Waals surface area contributed by atoms with Gasteiger partial charge in [0.15, 0.2) is 0 Å². The van der Waals surface area contributed by atoms with Gasteiger partial charge in [0.2, 0.25) is 5.91 Å². The van der Waals surface area contributed by atoms with Crippen molar-refractivity contribution in [2.75, 3.05) is 0 Å². The molecule has 3 heteroatoms. The van der Waals surface area contributed by atoms with Gasteiger partial charge in [0.25, 0.3) is 0 Å². The van der Waals surface area contributed by atoms with Crippen LogP contribution in [-0.4, -0.2) is 10.9 Å². The second-order valence-corrected chi connectivity index (χ2v) is 2.23. The van der Waals surface area contributed by atoms with Gasteiger partial charge in [0, 0.05) is 14.5 Å². The molecule has 1 aromatic rings. The van der Waals surface area contributed by atoms with Crippen LogP contribution in [0.1, 0.15) is 14.0 Å². The second-order valence-electron chi connectivity index (χ2n) is 2.23. The Labute approximate surface area is 66.9 Å². The number of nitrogens with zero attached hydrogens (tertiary/aromatic N) is 1. The molecule has 0 fully saturated rings. The molecule has 1 rings (SSSR count). The van der Waals surface area contributed by atoms with Gasteiger partial charge in [-0.1, -0.05) is 6.07 Å². The van der Waals surface area contributed by atoms with Gasteiger partial charge in [0.05, 0.1) is 12.2 Å². The number of hydrogen-bond acceptors (Lipinski definition) is 2. The van der Waals surface area contributed by atoms with Crippen LogP contribution in [0.2, 0.25) is 0 Å². The number of rotatable bonds is 2. The molecule has 0 aliphatic heterocycles. The highest BCUT2D eigenvalue weighted by atomic mass is 16.1. The molecule has 0 atom stereocenters. The maximum Gasteiger partial charge on any atom is 0.217 e. The minimum Gasteiger partial charge on any atom is -0.351 e. The van der Waals surface area contributed by atoms with E-state index in [4.69, 9.17) is 0 Å². The minimum atomic E-state index is -0.0318. The Balaban J connectivity index is 0.00000121. The summed E-state index contributed by atoms with van der Waals surface area (Å²) in [7, 11) is 0. The molecule has 0 aliphatic rings. The van der Waals surface area contributed by atoms with Crippen LogP contribution in [0.3, 0.4) is 0 Å². The Morgan fingerprint density at radius 1 is 1.73 bits per heavy atom. The molecule has 0 saturated heterocycles. The molecular formula is C8H12N2O. The van der Waals surface area contributed by atoms with Crippen LogP contribution in [0.15, 0.2) is 24.4 Å². The number of hydrogen-bond donors (Lipinski definition) is 1. The van der Waals surface area contributed by atoms with Crippen molar-refractivity contribution < 1.29 is 6.22 Å². The molecule has 0 aliphatic carbocycles. The molecular weight excluding hydrogens is 140 g/mol. The Bertz CT molecular complexity index is 238. The third kappa shape index (κ3) is 2.80. The number of aromatic nitrogens is 1. The van der Waals surface area contributed by atoms with Gasteiger partial charge < -0.3 is 5.32 Å². The quantitative estimate of drug-likeness (QED) is 0.686. The molecule has 3 nitrogen and oxygen atoms in total. The van der Waals surface area contributed by atoms with Gasteiger partial charge in [-0.3, -0.25) is 9.78 Å². The molecule has 0 saturated carbocycles. The number of nitrogens with one attached hydrogen (secondary N) is 1. The van der Waals surface area contributed by atoms with Crippen LogP contribution in [-0.2, 0) is 11.3 Å². The largest absolute Gasteiger partial charge is 0.351 e. The van der Waals surface area contributed by atoms with Gasteiger partial charge >= 0.3 is 0 Å². The zero-order valence-electron chi connectivity index (χ0n) is 6.37. The zero-order chi connectivity index (χ0) is 8.10. The van der Waals surface area contributed by atoms with Gasteiger partial charge in [-0.15, -0.1) is 0 Å². The fraction of sp³-hybridized carbons (Fsp3) is 0.250. The van der Waals surface area contributed by atoms with Crippen molar-refractivity contribution >= 4 is 5.91 Å². The van der Waals surface area contributed by atoms with E-state index in [0.29, 0.717) is 6.54 Å². The first kappa shape index (κ1) is 7.72. The molecule has 1 heterocycles. The lowest BCUT2D eigenvalue weighted by molar-refractivity contribution is -0.119. The lowest BCUT2D eigenvalue weighted by atomic mass is 10.3. The first-order chi connectivity index (χ1) is 5.29. The van der Waals surface area contributed by atoms with Crippen LogP contribution in [0.4, 0.5) is 0 Å². The lowest BCUT2D eigenvalue weighted by Crippen LogP contribution is -2.19. The van der Waals surface area contributed by atoms with E-state index in [1.165, 1.54) is 6.92 Å². The van der Waals surface area contributed by atoms with Gasteiger partial charge in [-0.2, -0.15) is 0 Å². The summed E-state index contributed by atoms with van der Waals surface area (Å²) < 4.78 is 0. The van der Waals surface area contributed by atoms with Crippen molar-refractivity contribution in [2.45, 2.75) is 13.5 Å². The summed E-state index contributed by atoms with van der Waals surface area (Å²) in [5.74, 6) is -0.0318. The fourth-order valence-corrected chi connectivity index (χ4v) is 0.718. The van der Waals surface area contributed by atoms with Crippen molar-refractivity contribution in [2.24, 2.45) is 0 Å². The summed E-state index contributed by atoms with van der Waals surface area (Å²) >= 11 is 0. The minimum absolute atomic E-state index is 0. The Morgan fingerprint density at radius 3 is 3.09 bits per heavy atom. The predicted molar refractivity (Wildman–Crippen MR) is 43.9 cm³/mol. The Kier molecular flexibility index (Phi) is 2.60. The normalized spacial score (nSPS) is 9.18. The molecule has 0 bridgehead atoms. The number of pyridine rings is 1. The molecule has 0 spiro atoms. The highest BCUT2D eigenvalue weighted by Crippen LogP contribution is 1.90. The summed E-state index contributed by atoms with van der Waals surface area (Å²) in [6.45, 7) is 2.00. The maximum absolute atomic E-state index is 10.5. The van der Waals surface area contributed by atoms with Crippen molar-refractivity contribution in [3.8, 4) is 0 Å². The maximum atomic E-state index is 10.5. The third-order valence-electron chi connectivity index (χ3n) is 1.24. The summed E-state index contributed by atoms with van der Waals surface area (Å²) in [5, 5.41) is 2.66. The molecule has 1 aromatic heterocycles. The van der Waals surface area contributed by atoms with Gasteiger partial charge in [0.1, 0.15) is 0 Å². The molecule has 60 valence electrons. The summed E-state index contributed by atoms with van der Waals surface area (Å²) in [5.41, 5.74) is 0.878. The smallest absolute Gasteiger partial charge is 0.217 e. The van der Waals surface area contributed by atoms with Crippen molar-refractivity contribution in [3.05, 3.63) is 30.1 Å². The molecule has 0 aromatic carbocycles. The standard InChI is InChI=1S/C8H10N2O.H2/c1-7(11)10-6-8-4-2-3-5-9-8;/h2-5H,6H2,1H3,(H,10,11);1H. The second kappa shape index (κ2) is 3.71.